The van der Waals surface area contributed by atoms with Gasteiger partial charge in [0.25, 0.3) is 0 Å². The Morgan fingerprint density at radius 1 is 0.810 bits per heavy atom. The number of carbonyl (C=O) groups excluding carboxylic acids is 1. The first-order valence-corrected chi connectivity index (χ1v) is 15.3. The van der Waals surface area contributed by atoms with Crippen LogP contribution in [0.15, 0.2) is 78.9 Å². The minimum atomic E-state index is -0.831. The summed E-state index contributed by atoms with van der Waals surface area (Å²) in [4.78, 5) is 18.8. The molecule has 1 heterocycles. The van der Waals surface area contributed by atoms with E-state index in [1.54, 1.807) is 14.2 Å². The summed E-state index contributed by atoms with van der Waals surface area (Å²) in [6, 6.07) is 26.2. The number of carbonyl (C=O) groups is 1. The summed E-state index contributed by atoms with van der Waals surface area (Å²) in [5, 5.41) is 5.01. The molecule has 4 rings (SSSR count). The van der Waals surface area contributed by atoms with Gasteiger partial charge in [0.2, 0.25) is 5.91 Å². The summed E-state index contributed by atoms with van der Waals surface area (Å²) in [5.74, 6) is 1.63. The fraction of sp³-hybridized carbons (Fsp3) is 0.457. The van der Waals surface area contributed by atoms with Gasteiger partial charge in [0.1, 0.15) is 23.1 Å². The van der Waals surface area contributed by atoms with Crippen LogP contribution in [0, 0.1) is 0 Å². The van der Waals surface area contributed by atoms with Crippen LogP contribution >= 0.6 is 0 Å². The Kier molecular flexibility index (Phi) is 12.2. The summed E-state index contributed by atoms with van der Waals surface area (Å²) in [6.45, 7) is 4.79. The molecule has 0 saturated carbocycles. The number of benzene rings is 3. The first-order chi connectivity index (χ1) is 20.6. The summed E-state index contributed by atoms with van der Waals surface area (Å²) >= 11 is 0. The minimum Gasteiger partial charge on any atom is -0.497 e. The number of ether oxygens (including phenoxy) is 3. The van der Waals surface area contributed by atoms with Gasteiger partial charge >= 0.3 is 0 Å². The Balaban J connectivity index is 1.42. The third-order valence-corrected chi connectivity index (χ3v) is 7.87. The molecule has 0 unspecified atom stereocenters. The van der Waals surface area contributed by atoms with Crippen LogP contribution < -0.4 is 14.8 Å². The van der Waals surface area contributed by atoms with Crippen molar-refractivity contribution in [3.63, 3.8) is 0 Å². The van der Waals surface area contributed by atoms with Crippen molar-refractivity contribution in [3.8, 4) is 11.5 Å². The number of amides is 1. The lowest BCUT2D eigenvalue weighted by Gasteiger charge is -2.36. The molecule has 7 heteroatoms. The molecule has 0 bridgehead atoms. The number of nitrogens with one attached hydrogen (secondary N) is 1. The number of nitrogens with zero attached hydrogens (tertiary/aromatic N) is 1. The van der Waals surface area contributed by atoms with Gasteiger partial charge in [-0.05, 0) is 73.1 Å². The van der Waals surface area contributed by atoms with Crippen LogP contribution in [0.25, 0.3) is 0 Å². The fourth-order valence-electron chi connectivity index (χ4n) is 5.55. The lowest BCUT2D eigenvalue weighted by Crippen LogP contribution is -2.43. The average Bonchev–Trinajstić information content (AvgIpc) is 3.52. The second-order valence-electron chi connectivity index (χ2n) is 10.7. The van der Waals surface area contributed by atoms with Crippen molar-refractivity contribution in [1.29, 1.82) is 0 Å². The molecule has 1 amide bonds. The van der Waals surface area contributed by atoms with Gasteiger partial charge in [-0.25, -0.2) is 0 Å². The number of methoxy groups -OCH3 is 2. The average molecular weight is 575 g/mol. The lowest BCUT2D eigenvalue weighted by atomic mass is 9.80. The predicted molar refractivity (Wildman–Crippen MR) is 166 cm³/mol. The molecular weight excluding hydrogens is 528 g/mol. The van der Waals surface area contributed by atoms with E-state index in [0.29, 0.717) is 19.8 Å². The molecule has 7 nitrogen and oxygen atoms in total. The van der Waals surface area contributed by atoms with Crippen molar-refractivity contribution in [2.24, 2.45) is 0 Å². The van der Waals surface area contributed by atoms with Crippen molar-refractivity contribution in [3.05, 3.63) is 95.6 Å². The van der Waals surface area contributed by atoms with Gasteiger partial charge in [0, 0.05) is 19.7 Å². The van der Waals surface area contributed by atoms with Crippen LogP contribution in [0.2, 0.25) is 0 Å². The van der Waals surface area contributed by atoms with Gasteiger partial charge in [-0.2, -0.15) is 5.06 Å². The molecule has 226 valence electrons. The highest BCUT2D eigenvalue weighted by Crippen LogP contribution is 2.41. The number of unbranched alkanes of at least 4 members (excludes halogenated alkanes) is 3. The van der Waals surface area contributed by atoms with Crippen molar-refractivity contribution in [1.82, 2.24) is 10.4 Å². The smallest absolute Gasteiger partial charge is 0.239 e. The monoisotopic (exact) mass is 574 g/mol. The van der Waals surface area contributed by atoms with Crippen LogP contribution in [0.4, 0.5) is 0 Å². The Bertz CT molecular complexity index is 1150. The van der Waals surface area contributed by atoms with Gasteiger partial charge in [0.05, 0.1) is 20.8 Å². The Morgan fingerprint density at radius 3 is 2.00 bits per heavy atom. The van der Waals surface area contributed by atoms with Crippen LogP contribution in [-0.4, -0.2) is 57.5 Å². The van der Waals surface area contributed by atoms with Crippen molar-refractivity contribution >= 4 is 5.91 Å². The molecular formula is C35H46N2O5. The molecule has 3 aromatic rings. The molecule has 1 aliphatic heterocycles. The van der Waals surface area contributed by atoms with E-state index in [1.807, 2.05) is 47.5 Å². The molecule has 1 atom stereocenters. The quantitative estimate of drug-likeness (QED) is 0.147. The third-order valence-electron chi connectivity index (χ3n) is 7.87. The zero-order valence-electron chi connectivity index (χ0n) is 25.3. The molecule has 42 heavy (non-hydrogen) atoms. The zero-order valence-corrected chi connectivity index (χ0v) is 25.3. The van der Waals surface area contributed by atoms with E-state index in [1.165, 1.54) is 0 Å². The maximum atomic E-state index is 12.9. The molecule has 1 fully saturated rings. The number of hydrogen-bond donors (Lipinski definition) is 1. The van der Waals surface area contributed by atoms with Gasteiger partial charge in [0.15, 0.2) is 0 Å². The lowest BCUT2D eigenvalue weighted by molar-refractivity contribution is -0.177. The highest BCUT2D eigenvalue weighted by atomic mass is 16.7. The van der Waals surface area contributed by atoms with Crippen LogP contribution in [0.5, 0.6) is 11.5 Å². The fourth-order valence-corrected chi connectivity index (χ4v) is 5.55. The molecule has 0 spiro atoms. The molecule has 0 aromatic heterocycles. The first kappa shape index (κ1) is 31.5. The van der Waals surface area contributed by atoms with Gasteiger partial charge < -0.3 is 19.5 Å². The summed E-state index contributed by atoms with van der Waals surface area (Å²) in [6.07, 6.45) is 6.76. The molecule has 3 aromatic carbocycles. The summed E-state index contributed by atoms with van der Waals surface area (Å²) < 4.78 is 17.8. The van der Waals surface area contributed by atoms with Crippen LogP contribution in [-0.2, 0) is 20.0 Å². The predicted octanol–water partition coefficient (Wildman–Crippen LogP) is 6.49. The topological polar surface area (TPSA) is 69.3 Å². The highest BCUT2D eigenvalue weighted by molar-refractivity contribution is 5.81. The SMILES string of the molecule is CCCCCON1CCC[C@H]1C(=O)NCCCCOC(c1ccccc1)(c1ccc(OC)cc1)c1ccc(OC)cc1. The number of hydroxylamine groups is 2. The van der Waals surface area contributed by atoms with Crippen LogP contribution in [0.1, 0.15) is 68.6 Å². The second kappa shape index (κ2) is 16.3. The van der Waals surface area contributed by atoms with Crippen molar-refractivity contribution < 1.29 is 23.8 Å². The Hall–Kier alpha value is -3.39. The van der Waals surface area contributed by atoms with E-state index in [4.69, 9.17) is 19.0 Å². The largest absolute Gasteiger partial charge is 0.497 e. The van der Waals surface area contributed by atoms with Gasteiger partial charge in [-0.3, -0.25) is 9.63 Å². The molecule has 0 aliphatic carbocycles. The van der Waals surface area contributed by atoms with E-state index in [9.17, 15) is 4.79 Å². The molecule has 1 aliphatic rings. The van der Waals surface area contributed by atoms with E-state index in [0.717, 1.165) is 79.7 Å². The van der Waals surface area contributed by atoms with Gasteiger partial charge in [-0.15, -0.1) is 0 Å². The highest BCUT2D eigenvalue weighted by Gasteiger charge is 2.38. The van der Waals surface area contributed by atoms with Crippen LogP contribution in [0.3, 0.4) is 0 Å². The minimum absolute atomic E-state index is 0.0546. The first-order valence-electron chi connectivity index (χ1n) is 15.3. The van der Waals surface area contributed by atoms with E-state index in [-0.39, 0.29) is 11.9 Å². The molecule has 0 radical (unpaired) electrons. The van der Waals surface area contributed by atoms with E-state index < -0.39 is 5.60 Å². The summed E-state index contributed by atoms with van der Waals surface area (Å²) in [5.41, 5.74) is 2.22. The third kappa shape index (κ3) is 7.91. The molecule has 1 N–H and O–H groups in total. The van der Waals surface area contributed by atoms with Crippen molar-refractivity contribution in [2.75, 3.05) is 40.5 Å². The van der Waals surface area contributed by atoms with Crippen molar-refractivity contribution in [2.45, 2.75) is 63.5 Å². The van der Waals surface area contributed by atoms with Gasteiger partial charge in [-0.1, -0.05) is 74.4 Å². The maximum absolute atomic E-state index is 12.9. The zero-order chi connectivity index (χ0) is 29.6. The normalized spacial score (nSPS) is 15.5. The molecule has 1 saturated heterocycles. The number of rotatable bonds is 17. The summed E-state index contributed by atoms with van der Waals surface area (Å²) in [7, 11) is 3.34. The Morgan fingerprint density at radius 2 is 1.40 bits per heavy atom. The van der Waals surface area contributed by atoms with E-state index >= 15 is 0 Å². The number of hydrogen-bond acceptors (Lipinski definition) is 6. The maximum Gasteiger partial charge on any atom is 0.239 e. The second-order valence-corrected chi connectivity index (χ2v) is 10.7. The Labute approximate surface area is 251 Å². The standard InChI is InChI=1S/C35H46N2O5/c1-4-5-10-27-42-37-25-12-15-33(37)34(38)36-24-9-11-26-41-35(28-13-7-6-8-14-28,29-16-20-31(39-2)21-17-29)30-18-22-32(40-3)23-19-30/h6-8,13-14,16-23,33H,4-5,9-12,15,24-27H2,1-3H3,(H,36,38)/t33-/m0/s1. The van der Waals surface area contributed by atoms with E-state index in [2.05, 4.69) is 48.6 Å².